The highest BCUT2D eigenvalue weighted by Gasteiger charge is 2.20. The molecule has 1 unspecified atom stereocenters. The molecule has 0 spiro atoms. The molecule has 0 heterocycles. The van der Waals surface area contributed by atoms with Gasteiger partial charge >= 0.3 is 0 Å². The first-order valence-corrected chi connectivity index (χ1v) is 7.59. The molecule has 0 N–H and O–H groups in total. The number of Topliss-reactive ketones (excluding diaryl/α,β-unsaturated/α-hetero) is 1. The second-order valence-corrected chi connectivity index (χ2v) is 6.23. The summed E-state index contributed by atoms with van der Waals surface area (Å²) in [5.41, 5.74) is 0.753. The van der Waals surface area contributed by atoms with Crippen LogP contribution in [-0.2, 0) is 4.79 Å². The Kier molecular flexibility index (Phi) is 6.94. The topological polar surface area (TPSA) is 50.1 Å². The van der Waals surface area contributed by atoms with Gasteiger partial charge in [0.05, 0.1) is 12.7 Å². The van der Waals surface area contributed by atoms with Crippen LogP contribution in [0.5, 0.6) is 5.75 Å². The van der Waals surface area contributed by atoms with Crippen LogP contribution in [0.3, 0.4) is 0 Å². The first-order chi connectivity index (χ1) is 9.93. The summed E-state index contributed by atoms with van der Waals surface area (Å²) in [4.78, 5) is 12.1. The van der Waals surface area contributed by atoms with E-state index in [9.17, 15) is 10.1 Å². The molecule has 0 aliphatic heterocycles. The molecule has 0 amide bonds. The Hall–Kier alpha value is -1.82. The highest BCUT2D eigenvalue weighted by molar-refractivity contribution is 5.88. The monoisotopic (exact) mass is 287 g/mol. The van der Waals surface area contributed by atoms with E-state index < -0.39 is 5.92 Å². The zero-order valence-electron chi connectivity index (χ0n) is 13.4. The third-order valence-corrected chi connectivity index (χ3v) is 3.22. The molecular formula is C18H25NO2. The molecule has 1 aromatic rings. The fourth-order valence-corrected chi connectivity index (χ4v) is 1.93. The Bertz CT molecular complexity index is 483. The van der Waals surface area contributed by atoms with E-state index in [1.807, 2.05) is 24.3 Å². The van der Waals surface area contributed by atoms with Crippen LogP contribution in [0.2, 0.25) is 0 Å². The summed E-state index contributed by atoms with van der Waals surface area (Å²) in [6.45, 7) is 9.00. The van der Waals surface area contributed by atoms with Gasteiger partial charge in [-0.25, -0.2) is 0 Å². The molecule has 0 saturated carbocycles. The predicted molar refractivity (Wildman–Crippen MR) is 84.2 cm³/mol. The van der Waals surface area contributed by atoms with Crippen LogP contribution < -0.4 is 4.74 Å². The number of hydrogen-bond donors (Lipinski definition) is 0. The smallest absolute Gasteiger partial charge is 0.154 e. The second kappa shape index (κ2) is 8.46. The van der Waals surface area contributed by atoms with Gasteiger partial charge in [-0.2, -0.15) is 5.26 Å². The van der Waals surface area contributed by atoms with Gasteiger partial charge in [0.2, 0.25) is 0 Å². The lowest BCUT2D eigenvalue weighted by Crippen LogP contribution is -2.11. The first kappa shape index (κ1) is 17.2. The number of nitrogens with zero attached hydrogens (tertiary/aromatic N) is 1. The lowest BCUT2D eigenvalue weighted by molar-refractivity contribution is -0.119. The molecule has 3 nitrogen and oxygen atoms in total. The molecule has 114 valence electrons. The largest absolute Gasteiger partial charge is 0.493 e. The van der Waals surface area contributed by atoms with Crippen molar-refractivity contribution >= 4 is 5.78 Å². The van der Waals surface area contributed by atoms with Crippen molar-refractivity contribution in [2.45, 2.75) is 46.5 Å². The molecule has 0 saturated heterocycles. The van der Waals surface area contributed by atoms with Gasteiger partial charge in [-0.3, -0.25) is 4.79 Å². The van der Waals surface area contributed by atoms with Crippen molar-refractivity contribution in [2.75, 3.05) is 6.61 Å². The Balaban J connectivity index is 2.69. The molecule has 21 heavy (non-hydrogen) atoms. The van der Waals surface area contributed by atoms with E-state index in [0.717, 1.165) is 17.7 Å². The van der Waals surface area contributed by atoms with Crippen molar-refractivity contribution in [3.8, 4) is 11.8 Å². The van der Waals surface area contributed by atoms with E-state index in [-0.39, 0.29) is 5.78 Å². The number of carbonyl (C=O) groups is 1. The van der Waals surface area contributed by atoms with Crippen molar-refractivity contribution in [3.63, 3.8) is 0 Å². The van der Waals surface area contributed by atoms with E-state index in [2.05, 4.69) is 33.8 Å². The maximum absolute atomic E-state index is 12.1. The standard InChI is InChI=1S/C18H25NO2/c1-13(2)5-10-18(20)17(11-19)15-6-8-16(9-7-15)21-12-14(3)4/h6-9,13-14,17H,5,10,12H2,1-4H3. The maximum atomic E-state index is 12.1. The van der Waals surface area contributed by atoms with Gasteiger partial charge < -0.3 is 4.74 Å². The van der Waals surface area contributed by atoms with Crippen LogP contribution in [0.4, 0.5) is 0 Å². The maximum Gasteiger partial charge on any atom is 0.154 e. The lowest BCUT2D eigenvalue weighted by atomic mass is 9.92. The van der Waals surface area contributed by atoms with Crippen LogP contribution in [0, 0.1) is 23.2 Å². The van der Waals surface area contributed by atoms with Crippen LogP contribution >= 0.6 is 0 Å². The van der Waals surface area contributed by atoms with Gasteiger partial charge in [-0.15, -0.1) is 0 Å². The molecule has 0 aromatic heterocycles. The predicted octanol–water partition coefficient (Wildman–Crippen LogP) is 4.33. The van der Waals surface area contributed by atoms with E-state index in [4.69, 9.17) is 4.74 Å². The summed E-state index contributed by atoms with van der Waals surface area (Å²) >= 11 is 0. The molecule has 1 aromatic carbocycles. The quantitative estimate of drug-likeness (QED) is 0.715. The zero-order valence-corrected chi connectivity index (χ0v) is 13.4. The SMILES string of the molecule is CC(C)CCC(=O)C(C#N)c1ccc(OCC(C)C)cc1. The highest BCUT2D eigenvalue weighted by Crippen LogP contribution is 2.22. The van der Waals surface area contributed by atoms with Crippen molar-refractivity contribution in [1.29, 1.82) is 5.26 Å². The second-order valence-electron chi connectivity index (χ2n) is 6.23. The summed E-state index contributed by atoms with van der Waals surface area (Å²) in [5, 5.41) is 9.26. The molecular weight excluding hydrogens is 262 g/mol. The van der Waals surface area contributed by atoms with Crippen molar-refractivity contribution in [1.82, 2.24) is 0 Å². The fourth-order valence-electron chi connectivity index (χ4n) is 1.93. The summed E-state index contributed by atoms with van der Waals surface area (Å²) in [6, 6.07) is 9.42. The van der Waals surface area contributed by atoms with Crippen LogP contribution in [-0.4, -0.2) is 12.4 Å². The molecule has 1 atom stereocenters. The Labute approximate surface area is 127 Å². The number of ketones is 1. The molecule has 1 rings (SSSR count). The zero-order chi connectivity index (χ0) is 15.8. The molecule has 3 heteroatoms. The first-order valence-electron chi connectivity index (χ1n) is 7.59. The van der Waals surface area contributed by atoms with Gasteiger partial charge in [-0.05, 0) is 36.0 Å². The summed E-state index contributed by atoms with van der Waals surface area (Å²) in [5.74, 6) is 1.05. The number of nitriles is 1. The van der Waals surface area contributed by atoms with Crippen LogP contribution in [0.15, 0.2) is 24.3 Å². The highest BCUT2D eigenvalue weighted by atomic mass is 16.5. The number of carbonyl (C=O) groups excluding carboxylic acids is 1. The number of hydrogen-bond acceptors (Lipinski definition) is 3. The van der Waals surface area contributed by atoms with Crippen molar-refractivity contribution in [3.05, 3.63) is 29.8 Å². The van der Waals surface area contributed by atoms with Gasteiger partial charge in [-0.1, -0.05) is 39.8 Å². The number of rotatable bonds is 8. The normalized spacial score (nSPS) is 12.2. The van der Waals surface area contributed by atoms with Gasteiger partial charge in [0.15, 0.2) is 5.78 Å². The van der Waals surface area contributed by atoms with Crippen LogP contribution in [0.25, 0.3) is 0 Å². The third kappa shape index (κ3) is 5.99. The minimum atomic E-state index is -0.664. The molecule has 0 radical (unpaired) electrons. The number of ether oxygens (including phenoxy) is 1. The average molecular weight is 287 g/mol. The fraction of sp³-hybridized carbons (Fsp3) is 0.556. The molecule has 0 bridgehead atoms. The molecule has 0 aliphatic rings. The van der Waals surface area contributed by atoms with Gasteiger partial charge in [0.1, 0.15) is 11.7 Å². The van der Waals surface area contributed by atoms with Crippen molar-refractivity contribution in [2.24, 2.45) is 11.8 Å². The summed E-state index contributed by atoms with van der Waals surface area (Å²) in [7, 11) is 0. The lowest BCUT2D eigenvalue weighted by Gasteiger charge is -2.12. The van der Waals surface area contributed by atoms with Crippen molar-refractivity contribution < 1.29 is 9.53 Å². The van der Waals surface area contributed by atoms with E-state index in [1.54, 1.807) is 0 Å². The third-order valence-electron chi connectivity index (χ3n) is 3.22. The average Bonchev–Trinajstić information content (AvgIpc) is 2.45. The van der Waals surface area contributed by atoms with Gasteiger partial charge in [0.25, 0.3) is 0 Å². The Morgan fingerprint density at radius 1 is 1.14 bits per heavy atom. The van der Waals surface area contributed by atoms with Gasteiger partial charge in [0, 0.05) is 6.42 Å². The van der Waals surface area contributed by atoms with E-state index in [0.29, 0.717) is 24.9 Å². The Morgan fingerprint density at radius 2 is 1.76 bits per heavy atom. The minimum absolute atomic E-state index is 0.00190. The molecule has 0 fully saturated rings. The Morgan fingerprint density at radius 3 is 2.24 bits per heavy atom. The minimum Gasteiger partial charge on any atom is -0.493 e. The van der Waals surface area contributed by atoms with E-state index in [1.165, 1.54) is 0 Å². The summed E-state index contributed by atoms with van der Waals surface area (Å²) in [6.07, 6.45) is 1.29. The number of benzene rings is 1. The summed E-state index contributed by atoms with van der Waals surface area (Å²) < 4.78 is 5.61. The molecule has 0 aliphatic carbocycles. The van der Waals surface area contributed by atoms with Crippen LogP contribution in [0.1, 0.15) is 52.0 Å². The van der Waals surface area contributed by atoms with E-state index >= 15 is 0 Å².